The maximum Gasteiger partial charge on any atom is 0.123 e. The normalized spacial score (nSPS) is 15.6. The highest BCUT2D eigenvalue weighted by atomic mass is 19.1. The summed E-state index contributed by atoms with van der Waals surface area (Å²) in [5, 5.41) is 4.76. The second-order valence-corrected chi connectivity index (χ2v) is 16.7. The summed E-state index contributed by atoms with van der Waals surface area (Å²) >= 11 is 0. The topological polar surface area (TPSA) is 9.86 Å². The SMILES string of the molecule is Fc1cccc(-c2c(C3CCCCC3)c(-n3c4ccccc4c4ccccc43)c(C3CCCCC3)c(-c3cccc(F)c3)c2-n2c3ccccc3c3ccccc32)c1. The Kier molecular flexibility index (Phi) is 8.75. The van der Waals surface area contributed by atoms with Crippen LogP contribution in [0.1, 0.15) is 87.2 Å². The van der Waals surface area contributed by atoms with Crippen LogP contribution < -0.4 is 0 Å². The van der Waals surface area contributed by atoms with Crippen molar-refractivity contribution in [1.82, 2.24) is 9.13 Å². The second-order valence-electron chi connectivity index (χ2n) is 16.7. The fourth-order valence-corrected chi connectivity index (χ4v) is 11.0. The van der Waals surface area contributed by atoms with Crippen LogP contribution in [0, 0.1) is 11.6 Å². The third-order valence-electron chi connectivity index (χ3n) is 13.4. The van der Waals surface area contributed by atoms with Crippen LogP contribution in [0.15, 0.2) is 146 Å². The highest BCUT2D eigenvalue weighted by Gasteiger charge is 2.37. The minimum Gasteiger partial charge on any atom is -0.309 e. The maximum atomic E-state index is 16.0. The third kappa shape index (κ3) is 5.63. The molecule has 0 saturated heterocycles. The van der Waals surface area contributed by atoms with Crippen LogP contribution in [0.2, 0.25) is 0 Å². The van der Waals surface area contributed by atoms with Crippen LogP contribution in [0.5, 0.6) is 0 Å². The van der Waals surface area contributed by atoms with Gasteiger partial charge in [0.25, 0.3) is 0 Å². The van der Waals surface area contributed by atoms with E-state index >= 15 is 8.78 Å². The molecule has 7 aromatic carbocycles. The van der Waals surface area contributed by atoms with Gasteiger partial charge >= 0.3 is 0 Å². The Labute approximate surface area is 338 Å². The van der Waals surface area contributed by atoms with Gasteiger partial charge in [-0.1, -0.05) is 136 Å². The Morgan fingerprint density at radius 3 is 1.07 bits per heavy atom. The standard InChI is InChI=1S/C54H46F2N2/c55-39-23-15-21-37(33-39)51-49(35-17-3-1-4-18-35)53(57-45-29-11-7-25-41(45)42-26-8-12-30-46(42)57)50(36-19-5-2-6-20-36)52(38-22-16-24-40(56)34-38)54(51)58-47-31-13-9-27-43(47)44-28-10-14-32-48(44)58/h7-16,21-36H,1-6,17-20H2. The summed E-state index contributed by atoms with van der Waals surface area (Å²) in [5.74, 6) is -0.0555. The Bertz CT molecular complexity index is 2810. The minimum atomic E-state index is -0.262. The fraction of sp³-hybridized carbons (Fsp3) is 0.222. The van der Waals surface area contributed by atoms with E-state index in [1.165, 1.54) is 51.2 Å². The summed E-state index contributed by atoms with van der Waals surface area (Å²) in [6, 6.07) is 49.5. The first kappa shape index (κ1) is 35.2. The number of aromatic nitrogens is 2. The first-order valence-electron chi connectivity index (χ1n) is 21.4. The van der Waals surface area contributed by atoms with Crippen molar-refractivity contribution in [2.24, 2.45) is 0 Å². The Hall–Kier alpha value is -6.00. The number of hydrogen-bond acceptors (Lipinski definition) is 0. The Balaban J connectivity index is 1.46. The molecule has 58 heavy (non-hydrogen) atoms. The van der Waals surface area contributed by atoms with E-state index in [0.29, 0.717) is 0 Å². The predicted molar refractivity (Wildman–Crippen MR) is 238 cm³/mol. The van der Waals surface area contributed by atoms with E-state index in [9.17, 15) is 0 Å². The summed E-state index contributed by atoms with van der Waals surface area (Å²) < 4.78 is 37.0. The van der Waals surface area contributed by atoms with Gasteiger partial charge < -0.3 is 9.13 Å². The maximum absolute atomic E-state index is 16.0. The van der Waals surface area contributed by atoms with Gasteiger partial charge in [-0.05, 0) is 108 Å². The molecule has 286 valence electrons. The molecule has 2 fully saturated rings. The largest absolute Gasteiger partial charge is 0.309 e. The molecule has 2 heterocycles. The van der Waals surface area contributed by atoms with Gasteiger partial charge in [0.05, 0.1) is 33.4 Å². The van der Waals surface area contributed by atoms with Gasteiger partial charge in [0.15, 0.2) is 0 Å². The average molecular weight is 761 g/mol. The summed E-state index contributed by atoms with van der Waals surface area (Å²) in [6.45, 7) is 0. The summed E-state index contributed by atoms with van der Waals surface area (Å²) in [6.07, 6.45) is 11.3. The van der Waals surface area contributed by atoms with Crippen molar-refractivity contribution in [2.45, 2.75) is 76.0 Å². The van der Waals surface area contributed by atoms with Gasteiger partial charge in [-0.15, -0.1) is 0 Å². The molecule has 0 unspecified atom stereocenters. The van der Waals surface area contributed by atoms with E-state index in [4.69, 9.17) is 0 Å². The van der Waals surface area contributed by atoms with Crippen molar-refractivity contribution in [3.8, 4) is 33.6 Å². The van der Waals surface area contributed by atoms with Gasteiger partial charge in [-0.25, -0.2) is 8.78 Å². The van der Waals surface area contributed by atoms with E-state index in [0.717, 1.165) is 101 Å². The molecule has 0 atom stereocenters. The first-order valence-corrected chi connectivity index (χ1v) is 21.4. The zero-order valence-electron chi connectivity index (χ0n) is 32.7. The lowest BCUT2D eigenvalue weighted by atomic mass is 9.72. The molecule has 2 aliphatic carbocycles. The molecule has 2 aromatic heterocycles. The van der Waals surface area contributed by atoms with E-state index < -0.39 is 0 Å². The van der Waals surface area contributed by atoms with Crippen molar-refractivity contribution in [3.63, 3.8) is 0 Å². The number of benzene rings is 7. The summed E-state index contributed by atoms with van der Waals surface area (Å²) in [7, 11) is 0. The molecule has 0 N–H and O–H groups in total. The van der Waals surface area contributed by atoms with Crippen LogP contribution in [0.25, 0.3) is 77.2 Å². The Morgan fingerprint density at radius 2 is 0.707 bits per heavy atom. The van der Waals surface area contributed by atoms with Crippen LogP contribution >= 0.6 is 0 Å². The number of fused-ring (bicyclic) bond motifs is 6. The van der Waals surface area contributed by atoms with Crippen molar-refractivity contribution in [2.75, 3.05) is 0 Å². The van der Waals surface area contributed by atoms with Crippen molar-refractivity contribution in [1.29, 1.82) is 0 Å². The lowest BCUT2D eigenvalue weighted by Gasteiger charge is -2.37. The molecule has 4 heteroatoms. The van der Waals surface area contributed by atoms with Crippen LogP contribution in [-0.2, 0) is 0 Å². The van der Waals surface area contributed by atoms with E-state index in [1.54, 1.807) is 24.3 Å². The quantitative estimate of drug-likeness (QED) is 0.160. The smallest absolute Gasteiger partial charge is 0.123 e. The molecule has 0 spiro atoms. The van der Waals surface area contributed by atoms with Gasteiger partial charge in [-0.3, -0.25) is 0 Å². The van der Waals surface area contributed by atoms with Gasteiger partial charge in [0, 0.05) is 32.7 Å². The minimum absolute atomic E-state index is 0.234. The van der Waals surface area contributed by atoms with Crippen LogP contribution in [0.3, 0.4) is 0 Å². The molecule has 0 bridgehead atoms. The molecule has 2 saturated carbocycles. The second kappa shape index (κ2) is 14.4. The number of nitrogens with zero attached hydrogens (tertiary/aromatic N) is 2. The molecular weight excluding hydrogens is 715 g/mol. The lowest BCUT2D eigenvalue weighted by Crippen LogP contribution is -2.20. The monoisotopic (exact) mass is 760 g/mol. The predicted octanol–water partition coefficient (Wildman–Crippen LogP) is 15.6. The number of hydrogen-bond donors (Lipinski definition) is 0. The van der Waals surface area contributed by atoms with Crippen LogP contribution in [-0.4, -0.2) is 9.13 Å². The van der Waals surface area contributed by atoms with Gasteiger partial charge in [0.1, 0.15) is 11.6 Å². The highest BCUT2D eigenvalue weighted by Crippen LogP contribution is 2.56. The third-order valence-corrected chi connectivity index (χ3v) is 13.4. The number of halogens is 2. The highest BCUT2D eigenvalue weighted by molar-refractivity contribution is 6.13. The first-order chi connectivity index (χ1) is 28.7. The molecule has 2 nitrogen and oxygen atoms in total. The van der Waals surface area contributed by atoms with E-state index in [1.807, 2.05) is 12.1 Å². The van der Waals surface area contributed by atoms with E-state index in [2.05, 4.69) is 118 Å². The molecule has 2 aliphatic rings. The van der Waals surface area contributed by atoms with Crippen molar-refractivity contribution >= 4 is 43.6 Å². The average Bonchev–Trinajstić information content (AvgIpc) is 3.79. The summed E-state index contributed by atoms with van der Waals surface area (Å²) in [5.41, 5.74) is 13.2. The fourth-order valence-electron chi connectivity index (χ4n) is 11.0. The molecule has 9 aromatic rings. The number of para-hydroxylation sites is 4. The van der Waals surface area contributed by atoms with Crippen LogP contribution in [0.4, 0.5) is 8.78 Å². The lowest BCUT2D eigenvalue weighted by molar-refractivity contribution is 0.435. The van der Waals surface area contributed by atoms with Crippen molar-refractivity contribution < 1.29 is 8.78 Å². The molecule has 0 amide bonds. The summed E-state index contributed by atoms with van der Waals surface area (Å²) in [4.78, 5) is 0. The Morgan fingerprint density at radius 1 is 0.362 bits per heavy atom. The number of rotatable bonds is 6. The molecule has 0 radical (unpaired) electrons. The zero-order valence-corrected chi connectivity index (χ0v) is 32.7. The van der Waals surface area contributed by atoms with Gasteiger partial charge in [-0.2, -0.15) is 0 Å². The van der Waals surface area contributed by atoms with Gasteiger partial charge in [0.2, 0.25) is 0 Å². The molecule has 0 aliphatic heterocycles. The molecule has 11 rings (SSSR count). The van der Waals surface area contributed by atoms with E-state index in [-0.39, 0.29) is 23.5 Å². The molecular formula is C54H46F2N2. The zero-order chi connectivity index (χ0) is 38.7. The van der Waals surface area contributed by atoms with Crippen molar-refractivity contribution in [3.05, 3.63) is 168 Å².